The zero-order valence-electron chi connectivity index (χ0n) is 11.1. The molecule has 3 heteroatoms. The van der Waals surface area contributed by atoms with E-state index in [1.54, 1.807) is 19.4 Å². The molecule has 2 bridgehead atoms. The molecule has 96 valence electrons. The summed E-state index contributed by atoms with van der Waals surface area (Å²) in [4.78, 5) is 25.3. The van der Waals surface area contributed by atoms with Crippen LogP contribution in [0.5, 0.6) is 0 Å². The minimum Gasteiger partial charge on any atom is -0.275 e. The van der Waals surface area contributed by atoms with Crippen LogP contribution in [-0.2, 0) is 9.59 Å². The third-order valence-corrected chi connectivity index (χ3v) is 4.76. The van der Waals surface area contributed by atoms with E-state index in [4.69, 9.17) is 0 Å². The average Bonchev–Trinajstić information content (AvgIpc) is 3.02. The fourth-order valence-corrected chi connectivity index (χ4v) is 3.47. The normalized spacial score (nSPS) is 27.2. The summed E-state index contributed by atoms with van der Waals surface area (Å²) in [6.07, 6.45) is 5.97. The molecular weight excluding hydrogens is 226 g/mol. The number of hydrogen-bond donors (Lipinski definition) is 0. The zero-order valence-corrected chi connectivity index (χ0v) is 11.1. The Bertz CT molecular complexity index is 475. The highest BCUT2D eigenvalue weighted by molar-refractivity contribution is 6.18. The van der Waals surface area contributed by atoms with Crippen molar-refractivity contribution >= 4 is 11.8 Å². The van der Waals surface area contributed by atoms with E-state index in [-0.39, 0.29) is 11.8 Å². The molecular formula is C15H19NO2. The molecule has 2 aliphatic carbocycles. The molecule has 1 fully saturated rings. The van der Waals surface area contributed by atoms with Crippen LogP contribution in [0.1, 0.15) is 46.0 Å². The van der Waals surface area contributed by atoms with Crippen LogP contribution in [0.25, 0.3) is 0 Å². The Kier molecular flexibility index (Phi) is 2.65. The van der Waals surface area contributed by atoms with Gasteiger partial charge in [0.15, 0.2) is 0 Å². The smallest absolute Gasteiger partial charge is 0.256 e. The van der Waals surface area contributed by atoms with E-state index in [9.17, 15) is 9.59 Å². The van der Waals surface area contributed by atoms with Gasteiger partial charge in [-0.3, -0.25) is 14.5 Å². The lowest BCUT2D eigenvalue weighted by molar-refractivity contribution is -0.137. The lowest BCUT2D eigenvalue weighted by Gasteiger charge is -2.17. The Labute approximate surface area is 108 Å². The van der Waals surface area contributed by atoms with Gasteiger partial charge >= 0.3 is 0 Å². The Morgan fingerprint density at radius 3 is 2.28 bits per heavy atom. The van der Waals surface area contributed by atoms with Gasteiger partial charge in [-0.25, -0.2) is 0 Å². The van der Waals surface area contributed by atoms with Crippen LogP contribution in [0.4, 0.5) is 0 Å². The summed E-state index contributed by atoms with van der Waals surface area (Å²) in [6, 6.07) is 0. The monoisotopic (exact) mass is 245 g/mol. The first-order valence-corrected chi connectivity index (χ1v) is 6.81. The van der Waals surface area contributed by atoms with Gasteiger partial charge in [0.1, 0.15) is 0 Å². The molecule has 1 atom stereocenters. The molecule has 0 spiro atoms. The maximum absolute atomic E-state index is 11.9. The molecule has 0 aromatic heterocycles. The van der Waals surface area contributed by atoms with Gasteiger partial charge in [0.05, 0.1) is 0 Å². The average molecular weight is 245 g/mol. The lowest BCUT2D eigenvalue weighted by Crippen LogP contribution is -2.32. The molecule has 3 rings (SSSR count). The first-order chi connectivity index (χ1) is 8.58. The van der Waals surface area contributed by atoms with Crippen molar-refractivity contribution in [2.24, 2.45) is 5.92 Å². The van der Waals surface area contributed by atoms with E-state index in [0.29, 0.717) is 17.7 Å². The molecule has 18 heavy (non-hydrogen) atoms. The number of imide groups is 1. The fraction of sp³-hybridized carbons (Fsp3) is 0.600. The van der Waals surface area contributed by atoms with Crippen molar-refractivity contribution in [3.05, 3.63) is 22.3 Å². The van der Waals surface area contributed by atoms with Crippen LogP contribution < -0.4 is 0 Å². The second kappa shape index (κ2) is 4.08. The van der Waals surface area contributed by atoms with Crippen molar-refractivity contribution in [3.8, 4) is 0 Å². The summed E-state index contributed by atoms with van der Waals surface area (Å²) >= 11 is 0. The summed E-state index contributed by atoms with van der Waals surface area (Å²) in [5.41, 5.74) is 4.37. The molecule has 3 aliphatic rings. The number of amides is 2. The van der Waals surface area contributed by atoms with Gasteiger partial charge in [0, 0.05) is 17.7 Å². The molecule has 0 radical (unpaired) electrons. The zero-order chi connectivity index (χ0) is 12.9. The minimum absolute atomic E-state index is 0.0914. The second-order valence-electron chi connectivity index (χ2n) is 5.78. The van der Waals surface area contributed by atoms with Gasteiger partial charge in [0.2, 0.25) is 0 Å². The summed E-state index contributed by atoms with van der Waals surface area (Å²) in [6.45, 7) is 4.06. The van der Waals surface area contributed by atoms with Gasteiger partial charge in [-0.15, -0.1) is 0 Å². The van der Waals surface area contributed by atoms with Crippen LogP contribution in [0.2, 0.25) is 0 Å². The van der Waals surface area contributed by atoms with E-state index in [1.807, 2.05) is 0 Å². The van der Waals surface area contributed by atoms with Crippen LogP contribution >= 0.6 is 0 Å². The molecule has 0 aromatic rings. The molecule has 0 N–H and O–H groups in total. The number of hydrogen-bond acceptors (Lipinski definition) is 2. The number of nitrogens with zero attached hydrogens (tertiary/aromatic N) is 1. The SMILES string of the molecule is CC1=C(C)C(=O)N(CCC2=C3CCC(C3)C2)C1=O. The van der Waals surface area contributed by atoms with Crippen LogP contribution in [0, 0.1) is 5.92 Å². The first-order valence-electron chi connectivity index (χ1n) is 6.81. The third kappa shape index (κ3) is 1.64. The molecule has 1 unspecified atom stereocenters. The molecule has 3 nitrogen and oxygen atoms in total. The Morgan fingerprint density at radius 2 is 1.78 bits per heavy atom. The van der Waals surface area contributed by atoms with E-state index < -0.39 is 0 Å². The van der Waals surface area contributed by atoms with E-state index in [0.717, 1.165) is 12.3 Å². The van der Waals surface area contributed by atoms with Gasteiger partial charge in [-0.1, -0.05) is 11.1 Å². The third-order valence-electron chi connectivity index (χ3n) is 4.76. The molecule has 0 saturated heterocycles. The lowest BCUT2D eigenvalue weighted by atomic mass is 9.97. The summed E-state index contributed by atoms with van der Waals surface area (Å²) < 4.78 is 0. The number of fused-ring (bicyclic) bond motifs is 2. The van der Waals surface area contributed by atoms with Crippen molar-refractivity contribution in [1.82, 2.24) is 4.90 Å². The number of allylic oxidation sites excluding steroid dienone is 1. The maximum Gasteiger partial charge on any atom is 0.256 e. The molecule has 0 aromatic carbocycles. The van der Waals surface area contributed by atoms with Crippen molar-refractivity contribution in [1.29, 1.82) is 0 Å². The number of rotatable bonds is 3. The van der Waals surface area contributed by atoms with Crippen molar-refractivity contribution in [2.45, 2.75) is 46.0 Å². The largest absolute Gasteiger partial charge is 0.275 e. The predicted molar refractivity (Wildman–Crippen MR) is 68.7 cm³/mol. The highest BCUT2D eigenvalue weighted by Crippen LogP contribution is 2.45. The minimum atomic E-state index is -0.0914. The summed E-state index contributed by atoms with van der Waals surface area (Å²) in [5.74, 6) is 0.680. The second-order valence-corrected chi connectivity index (χ2v) is 5.78. The van der Waals surface area contributed by atoms with Crippen LogP contribution in [0.3, 0.4) is 0 Å². The molecule has 1 saturated carbocycles. The van der Waals surface area contributed by atoms with Crippen molar-refractivity contribution < 1.29 is 9.59 Å². The summed E-state index contributed by atoms with van der Waals surface area (Å²) in [5, 5.41) is 0. The Balaban J connectivity index is 1.66. The first kappa shape index (κ1) is 11.7. The molecule has 1 heterocycles. The fourth-order valence-electron chi connectivity index (χ4n) is 3.47. The van der Waals surface area contributed by atoms with Crippen molar-refractivity contribution in [3.63, 3.8) is 0 Å². The molecule has 1 aliphatic heterocycles. The van der Waals surface area contributed by atoms with Gasteiger partial charge in [-0.2, -0.15) is 0 Å². The van der Waals surface area contributed by atoms with Gasteiger partial charge in [0.25, 0.3) is 11.8 Å². The van der Waals surface area contributed by atoms with E-state index in [1.165, 1.54) is 36.2 Å². The topological polar surface area (TPSA) is 37.4 Å². The van der Waals surface area contributed by atoms with Crippen LogP contribution in [0.15, 0.2) is 22.3 Å². The van der Waals surface area contributed by atoms with E-state index >= 15 is 0 Å². The Hall–Kier alpha value is -1.38. The maximum atomic E-state index is 11.9. The quantitative estimate of drug-likeness (QED) is 0.566. The Morgan fingerprint density at radius 1 is 1.11 bits per heavy atom. The van der Waals surface area contributed by atoms with Crippen LogP contribution in [-0.4, -0.2) is 23.3 Å². The highest BCUT2D eigenvalue weighted by Gasteiger charge is 2.34. The van der Waals surface area contributed by atoms with Gasteiger partial charge < -0.3 is 0 Å². The van der Waals surface area contributed by atoms with Gasteiger partial charge in [-0.05, 0) is 51.9 Å². The van der Waals surface area contributed by atoms with E-state index in [2.05, 4.69) is 0 Å². The summed E-state index contributed by atoms with van der Waals surface area (Å²) in [7, 11) is 0. The molecule has 2 amide bonds. The standard InChI is InChI=1S/C15H19NO2/c1-9-10(2)15(18)16(14(9)17)6-5-13-8-11-3-4-12(13)7-11/h11H,3-8H2,1-2H3. The number of carbonyl (C=O) groups is 2. The predicted octanol–water partition coefficient (Wildman–Crippen LogP) is 2.58. The highest BCUT2D eigenvalue weighted by atomic mass is 16.2. The number of carbonyl (C=O) groups excluding carboxylic acids is 2. The van der Waals surface area contributed by atoms with Crippen molar-refractivity contribution in [2.75, 3.05) is 6.54 Å².